The molecule has 2 rings (SSSR count). The maximum Gasteiger partial charge on any atom is 0.302 e. The second-order valence-corrected chi connectivity index (χ2v) is 7.13. The number of hydrogen-bond acceptors (Lipinski definition) is 7. The third-order valence-corrected chi connectivity index (χ3v) is 3.92. The van der Waals surface area contributed by atoms with E-state index >= 15 is 0 Å². The first-order valence-corrected chi connectivity index (χ1v) is 7.50. The number of rotatable bonds is 3. The highest BCUT2D eigenvalue weighted by molar-refractivity contribution is 9.10. The monoisotopic (exact) mass is 372 g/mol. The van der Waals surface area contributed by atoms with Gasteiger partial charge in [-0.15, -0.1) is 10.2 Å². The predicted octanol–water partition coefficient (Wildman–Crippen LogP) is 2.51. The third kappa shape index (κ3) is 3.32. The van der Waals surface area contributed by atoms with Gasteiger partial charge in [0.1, 0.15) is 0 Å². The average molecular weight is 373 g/mol. The lowest BCUT2D eigenvalue weighted by atomic mass is 9.96. The topological polar surface area (TPSA) is 113 Å². The zero-order chi connectivity index (χ0) is 15.8. The molecular weight excluding hydrogens is 360 g/mol. The van der Waals surface area contributed by atoms with E-state index in [1.54, 1.807) is 0 Å². The molecule has 0 bridgehead atoms. The van der Waals surface area contributed by atoms with Gasteiger partial charge in [-0.05, 0) is 27.7 Å². The van der Waals surface area contributed by atoms with Crippen molar-refractivity contribution in [3.8, 4) is 0 Å². The van der Waals surface area contributed by atoms with Gasteiger partial charge in [-0.1, -0.05) is 20.8 Å². The zero-order valence-electron chi connectivity index (χ0n) is 11.6. The Kier molecular flexibility index (Phi) is 4.19. The van der Waals surface area contributed by atoms with Gasteiger partial charge in [0.25, 0.3) is 0 Å². The Morgan fingerprint density at radius 1 is 1.43 bits per heavy atom. The lowest BCUT2D eigenvalue weighted by Gasteiger charge is -2.16. The Bertz CT molecular complexity index is 697. The molecule has 0 spiro atoms. The first-order chi connectivity index (χ1) is 9.70. The molecule has 0 fully saturated rings. The molecule has 0 aromatic carbocycles. The van der Waals surface area contributed by atoms with Crippen LogP contribution in [-0.4, -0.2) is 24.8 Å². The Morgan fingerprint density at radius 3 is 2.62 bits per heavy atom. The van der Waals surface area contributed by atoms with Crippen LogP contribution in [-0.2, 0) is 5.41 Å². The highest BCUT2D eigenvalue weighted by atomic mass is 79.9. The fourth-order valence-electron chi connectivity index (χ4n) is 1.57. The van der Waals surface area contributed by atoms with Gasteiger partial charge in [-0.25, -0.2) is 9.66 Å². The van der Waals surface area contributed by atoms with E-state index < -0.39 is 4.92 Å². The van der Waals surface area contributed by atoms with E-state index in [1.165, 1.54) is 16.9 Å². The molecule has 8 nitrogen and oxygen atoms in total. The molecule has 2 aromatic rings. The van der Waals surface area contributed by atoms with Crippen LogP contribution in [0.1, 0.15) is 26.6 Å². The molecule has 0 atom stereocenters. The summed E-state index contributed by atoms with van der Waals surface area (Å²) in [5.74, 6) is 6.55. The van der Waals surface area contributed by atoms with Gasteiger partial charge in [0.2, 0.25) is 5.16 Å². The molecule has 21 heavy (non-hydrogen) atoms. The Morgan fingerprint density at radius 2 is 2.10 bits per heavy atom. The summed E-state index contributed by atoms with van der Waals surface area (Å²) in [5, 5.41) is 19.6. The minimum atomic E-state index is -0.498. The van der Waals surface area contributed by atoms with Gasteiger partial charge in [0.15, 0.2) is 10.9 Å². The molecule has 0 saturated heterocycles. The maximum absolute atomic E-state index is 11.1. The number of hydrogen-bond donors (Lipinski definition) is 1. The summed E-state index contributed by atoms with van der Waals surface area (Å²) in [6, 6.07) is 1.39. The predicted molar refractivity (Wildman–Crippen MR) is 81.6 cm³/mol. The van der Waals surface area contributed by atoms with E-state index in [4.69, 9.17) is 5.84 Å². The van der Waals surface area contributed by atoms with Crippen molar-refractivity contribution in [3.05, 3.63) is 32.7 Å². The lowest BCUT2D eigenvalue weighted by molar-refractivity contribution is -0.388. The van der Waals surface area contributed by atoms with Gasteiger partial charge >= 0.3 is 5.69 Å². The standard InChI is InChI=1S/C11H13BrN6O2S/c1-11(2,3)9-15-16-10(17(9)13)21-8-7(18(19)20)4-6(12)5-14-8/h4-5H,13H2,1-3H3. The average Bonchev–Trinajstić information content (AvgIpc) is 2.72. The van der Waals surface area contributed by atoms with Crippen LogP contribution in [0.15, 0.2) is 26.9 Å². The van der Waals surface area contributed by atoms with Crippen molar-refractivity contribution in [2.45, 2.75) is 36.4 Å². The van der Waals surface area contributed by atoms with Gasteiger partial charge in [-0.3, -0.25) is 10.1 Å². The normalized spacial score (nSPS) is 11.6. The molecule has 2 N–H and O–H groups in total. The molecule has 2 aromatic heterocycles. The van der Waals surface area contributed by atoms with Crippen LogP contribution >= 0.6 is 27.7 Å². The number of halogens is 1. The first-order valence-electron chi connectivity index (χ1n) is 5.89. The van der Waals surface area contributed by atoms with Crippen LogP contribution in [0, 0.1) is 10.1 Å². The Hall–Kier alpha value is -1.68. The summed E-state index contributed by atoms with van der Waals surface area (Å²) in [4.78, 5) is 14.6. The summed E-state index contributed by atoms with van der Waals surface area (Å²) in [7, 11) is 0. The van der Waals surface area contributed by atoms with Crippen molar-refractivity contribution in [2.75, 3.05) is 5.84 Å². The van der Waals surface area contributed by atoms with Crippen LogP contribution < -0.4 is 5.84 Å². The van der Waals surface area contributed by atoms with E-state index in [0.29, 0.717) is 15.5 Å². The maximum atomic E-state index is 11.1. The van der Waals surface area contributed by atoms with Crippen molar-refractivity contribution >= 4 is 33.4 Å². The first kappa shape index (κ1) is 15.7. The molecule has 0 aliphatic rings. The summed E-state index contributed by atoms with van der Waals surface area (Å²) >= 11 is 4.17. The van der Waals surface area contributed by atoms with Gasteiger partial charge in [0, 0.05) is 22.2 Å². The summed E-state index contributed by atoms with van der Waals surface area (Å²) in [5.41, 5.74) is -0.394. The summed E-state index contributed by atoms with van der Waals surface area (Å²) in [6.45, 7) is 5.86. The van der Waals surface area contributed by atoms with E-state index in [-0.39, 0.29) is 16.1 Å². The van der Waals surface area contributed by atoms with Crippen molar-refractivity contribution in [2.24, 2.45) is 0 Å². The second-order valence-electron chi connectivity index (χ2n) is 5.26. The molecule has 112 valence electrons. The number of nitro groups is 1. The minimum Gasteiger partial charge on any atom is -0.336 e. The number of pyridine rings is 1. The van der Waals surface area contributed by atoms with Crippen molar-refractivity contribution in [1.82, 2.24) is 19.9 Å². The summed E-state index contributed by atoms with van der Waals surface area (Å²) < 4.78 is 1.86. The van der Waals surface area contributed by atoms with Gasteiger partial charge in [0.05, 0.1) is 4.92 Å². The van der Waals surface area contributed by atoms with Crippen LogP contribution in [0.25, 0.3) is 0 Å². The molecule has 0 saturated carbocycles. The molecular formula is C11H13BrN6O2S. The largest absolute Gasteiger partial charge is 0.336 e. The van der Waals surface area contributed by atoms with E-state index in [1.807, 2.05) is 20.8 Å². The third-order valence-electron chi connectivity index (χ3n) is 2.52. The van der Waals surface area contributed by atoms with Crippen molar-refractivity contribution in [1.29, 1.82) is 0 Å². The van der Waals surface area contributed by atoms with Crippen molar-refractivity contribution < 1.29 is 4.92 Å². The fourth-order valence-corrected chi connectivity index (χ4v) is 2.67. The zero-order valence-corrected chi connectivity index (χ0v) is 14.0. The molecule has 10 heteroatoms. The van der Waals surface area contributed by atoms with E-state index in [0.717, 1.165) is 11.8 Å². The van der Waals surface area contributed by atoms with Crippen LogP contribution in [0.5, 0.6) is 0 Å². The van der Waals surface area contributed by atoms with E-state index in [9.17, 15) is 10.1 Å². The number of aromatic nitrogens is 4. The minimum absolute atomic E-state index is 0.116. The highest BCUT2D eigenvalue weighted by Crippen LogP contribution is 2.34. The van der Waals surface area contributed by atoms with E-state index in [2.05, 4.69) is 31.1 Å². The molecule has 0 unspecified atom stereocenters. The quantitative estimate of drug-likeness (QED) is 0.500. The van der Waals surface area contributed by atoms with Crippen LogP contribution in [0.2, 0.25) is 0 Å². The van der Waals surface area contributed by atoms with Crippen LogP contribution in [0.4, 0.5) is 5.69 Å². The highest BCUT2D eigenvalue weighted by Gasteiger charge is 2.25. The smallest absolute Gasteiger partial charge is 0.302 e. The number of nitrogen functional groups attached to an aromatic ring is 1. The van der Waals surface area contributed by atoms with Crippen molar-refractivity contribution in [3.63, 3.8) is 0 Å². The van der Waals surface area contributed by atoms with Gasteiger partial charge in [-0.2, -0.15) is 0 Å². The molecule has 0 amide bonds. The SMILES string of the molecule is CC(C)(C)c1nnc(Sc2ncc(Br)cc2[N+](=O)[O-])n1N. The second kappa shape index (κ2) is 5.60. The Balaban J connectivity index is 2.40. The molecule has 0 radical (unpaired) electrons. The molecule has 0 aliphatic heterocycles. The Labute approximate surface area is 133 Å². The molecule has 0 aliphatic carbocycles. The lowest BCUT2D eigenvalue weighted by Crippen LogP contribution is -2.24. The van der Waals surface area contributed by atoms with Gasteiger partial charge < -0.3 is 5.84 Å². The number of nitrogens with zero attached hydrogens (tertiary/aromatic N) is 5. The molecule has 2 heterocycles. The van der Waals surface area contributed by atoms with Crippen LogP contribution in [0.3, 0.4) is 0 Å². The summed E-state index contributed by atoms with van der Waals surface area (Å²) in [6.07, 6.45) is 1.48. The fraction of sp³-hybridized carbons (Fsp3) is 0.364. The number of nitrogens with two attached hydrogens (primary N) is 1.